The van der Waals surface area contributed by atoms with E-state index in [2.05, 4.69) is 10.4 Å². The van der Waals surface area contributed by atoms with E-state index in [0.717, 1.165) is 16.7 Å². The number of hydrogen-bond donors (Lipinski definition) is 1. The van der Waals surface area contributed by atoms with Crippen molar-refractivity contribution in [1.29, 1.82) is 0 Å². The topological polar surface area (TPSA) is 90.3 Å². The number of anilines is 1. The van der Waals surface area contributed by atoms with Crippen LogP contribution in [0, 0.1) is 6.92 Å². The highest BCUT2D eigenvalue weighted by molar-refractivity contribution is 7.16. The largest absolute Gasteiger partial charge is 0.461 e. The van der Waals surface area contributed by atoms with Crippen LogP contribution in [0.15, 0.2) is 95.1 Å². The fraction of sp³-hybridized carbons (Fsp3) is 0.133. The van der Waals surface area contributed by atoms with Crippen LogP contribution >= 0.6 is 11.3 Å². The van der Waals surface area contributed by atoms with Gasteiger partial charge < -0.3 is 10.1 Å². The van der Waals surface area contributed by atoms with Gasteiger partial charge in [-0.25, -0.2) is 4.79 Å². The van der Waals surface area contributed by atoms with Crippen LogP contribution in [0.5, 0.6) is 0 Å². The molecular formula is C30H25N3O4S. The number of ether oxygens (including phenoxy) is 1. The summed E-state index contributed by atoms with van der Waals surface area (Å²) in [6.45, 7) is 3.81. The molecule has 0 fully saturated rings. The first kappa shape index (κ1) is 25.1. The average molecular weight is 524 g/mol. The first-order valence-corrected chi connectivity index (χ1v) is 13.1. The molecule has 1 amide bonds. The highest BCUT2D eigenvalue weighted by atomic mass is 32.1. The highest BCUT2D eigenvalue weighted by Crippen LogP contribution is 2.33. The molecule has 0 saturated carbocycles. The van der Waals surface area contributed by atoms with Crippen molar-refractivity contribution in [3.05, 3.63) is 123 Å². The number of amides is 1. The third-order valence-electron chi connectivity index (χ3n) is 6.16. The van der Waals surface area contributed by atoms with Crippen LogP contribution in [0.1, 0.15) is 40.0 Å². The number of nitrogens with one attached hydrogen (secondary N) is 1. The SMILES string of the molecule is CCOC(=O)c1nn(-c2ccc(C)cc2)c(=O)c2c(NC(=O)C(c3ccccc3)c3ccccc3)scc12. The summed E-state index contributed by atoms with van der Waals surface area (Å²) < 4.78 is 6.41. The number of benzene rings is 3. The van der Waals surface area contributed by atoms with Gasteiger partial charge in [0.15, 0.2) is 5.69 Å². The maximum absolute atomic E-state index is 13.8. The Bertz CT molecular complexity index is 1620. The van der Waals surface area contributed by atoms with Crippen LogP contribution in [0.4, 0.5) is 5.00 Å². The van der Waals surface area contributed by atoms with Crippen molar-refractivity contribution in [2.75, 3.05) is 11.9 Å². The normalized spacial score (nSPS) is 11.0. The minimum Gasteiger partial charge on any atom is -0.461 e. The molecule has 0 spiro atoms. The first-order chi connectivity index (χ1) is 18.5. The number of rotatable bonds is 7. The van der Waals surface area contributed by atoms with E-state index in [1.54, 1.807) is 24.4 Å². The minimum atomic E-state index is -0.638. The second kappa shape index (κ2) is 10.8. The van der Waals surface area contributed by atoms with Crippen molar-refractivity contribution < 1.29 is 14.3 Å². The molecule has 0 aliphatic rings. The number of fused-ring (bicyclic) bond motifs is 1. The van der Waals surface area contributed by atoms with E-state index >= 15 is 0 Å². The lowest BCUT2D eigenvalue weighted by molar-refractivity contribution is -0.116. The molecule has 0 atom stereocenters. The quantitative estimate of drug-likeness (QED) is 0.276. The second-order valence-electron chi connectivity index (χ2n) is 8.72. The number of esters is 1. The van der Waals surface area contributed by atoms with E-state index < -0.39 is 17.4 Å². The molecule has 7 nitrogen and oxygen atoms in total. The molecule has 2 aromatic heterocycles. The fourth-order valence-electron chi connectivity index (χ4n) is 4.32. The molecule has 2 heterocycles. The summed E-state index contributed by atoms with van der Waals surface area (Å²) in [7, 11) is 0. The van der Waals surface area contributed by atoms with E-state index in [9.17, 15) is 14.4 Å². The van der Waals surface area contributed by atoms with Crippen molar-refractivity contribution in [3.63, 3.8) is 0 Å². The number of thiophene rings is 1. The molecule has 0 aliphatic heterocycles. The molecule has 1 N–H and O–H groups in total. The number of hydrogen-bond acceptors (Lipinski definition) is 6. The Morgan fingerprint density at radius 1 is 0.947 bits per heavy atom. The Labute approximate surface area is 223 Å². The molecule has 0 saturated heterocycles. The summed E-state index contributed by atoms with van der Waals surface area (Å²) in [4.78, 5) is 40.3. The summed E-state index contributed by atoms with van der Waals surface area (Å²) >= 11 is 1.18. The van der Waals surface area contributed by atoms with Gasteiger partial charge in [0.05, 0.1) is 23.6 Å². The van der Waals surface area contributed by atoms with E-state index in [1.165, 1.54) is 16.0 Å². The van der Waals surface area contributed by atoms with Crippen LogP contribution in [-0.4, -0.2) is 28.3 Å². The predicted molar refractivity (Wildman–Crippen MR) is 149 cm³/mol. The van der Waals surface area contributed by atoms with E-state index in [0.29, 0.717) is 16.1 Å². The average Bonchev–Trinajstić information content (AvgIpc) is 3.35. The lowest BCUT2D eigenvalue weighted by atomic mass is 9.90. The molecule has 0 unspecified atom stereocenters. The zero-order chi connectivity index (χ0) is 26.6. The predicted octanol–water partition coefficient (Wildman–Crippen LogP) is 5.70. The smallest absolute Gasteiger partial charge is 0.359 e. The first-order valence-electron chi connectivity index (χ1n) is 12.2. The molecule has 190 valence electrons. The zero-order valence-corrected chi connectivity index (χ0v) is 21.7. The zero-order valence-electron chi connectivity index (χ0n) is 20.9. The molecule has 0 radical (unpaired) electrons. The fourth-order valence-corrected chi connectivity index (χ4v) is 5.26. The molecule has 38 heavy (non-hydrogen) atoms. The van der Waals surface area contributed by atoms with Crippen LogP contribution in [0.2, 0.25) is 0 Å². The summed E-state index contributed by atoms with van der Waals surface area (Å²) in [6.07, 6.45) is 0. The molecule has 0 bridgehead atoms. The number of carbonyl (C=O) groups excluding carboxylic acids is 2. The lowest BCUT2D eigenvalue weighted by Gasteiger charge is -2.17. The summed E-state index contributed by atoms with van der Waals surface area (Å²) in [6, 6.07) is 26.2. The highest BCUT2D eigenvalue weighted by Gasteiger charge is 2.27. The maximum Gasteiger partial charge on any atom is 0.359 e. The Morgan fingerprint density at radius 2 is 1.55 bits per heavy atom. The molecule has 3 aromatic carbocycles. The van der Waals surface area contributed by atoms with Crippen LogP contribution in [0.3, 0.4) is 0 Å². The van der Waals surface area contributed by atoms with Gasteiger partial charge in [0, 0.05) is 10.8 Å². The minimum absolute atomic E-state index is 0.0152. The van der Waals surface area contributed by atoms with Crippen molar-refractivity contribution >= 4 is 39.0 Å². The van der Waals surface area contributed by atoms with Gasteiger partial charge in [-0.3, -0.25) is 9.59 Å². The molecule has 5 aromatic rings. The number of aryl methyl sites for hydroxylation is 1. The Hall–Kier alpha value is -4.56. The van der Waals surface area contributed by atoms with Gasteiger partial charge in [-0.1, -0.05) is 78.4 Å². The summed E-state index contributed by atoms with van der Waals surface area (Å²) in [5.74, 6) is -1.53. The van der Waals surface area contributed by atoms with Gasteiger partial charge in [0.25, 0.3) is 5.56 Å². The Balaban J connectivity index is 1.64. The van der Waals surface area contributed by atoms with Gasteiger partial charge in [0.2, 0.25) is 5.91 Å². The molecule has 8 heteroatoms. The monoisotopic (exact) mass is 523 g/mol. The molecule has 5 rings (SSSR count). The van der Waals surface area contributed by atoms with Crippen molar-refractivity contribution in [3.8, 4) is 5.69 Å². The van der Waals surface area contributed by atoms with Crippen LogP contribution < -0.4 is 10.9 Å². The number of aromatic nitrogens is 2. The Morgan fingerprint density at radius 3 is 2.13 bits per heavy atom. The third kappa shape index (κ3) is 4.86. The Kier molecular flexibility index (Phi) is 7.15. The van der Waals surface area contributed by atoms with Crippen LogP contribution in [-0.2, 0) is 9.53 Å². The van der Waals surface area contributed by atoms with Gasteiger partial charge in [-0.15, -0.1) is 11.3 Å². The summed E-state index contributed by atoms with van der Waals surface area (Å²) in [5.41, 5.74) is 2.74. The van der Waals surface area contributed by atoms with E-state index in [4.69, 9.17) is 4.74 Å². The van der Waals surface area contributed by atoms with E-state index in [-0.39, 0.29) is 23.6 Å². The van der Waals surface area contributed by atoms with Gasteiger partial charge in [-0.2, -0.15) is 9.78 Å². The van der Waals surface area contributed by atoms with Crippen LogP contribution in [0.25, 0.3) is 16.5 Å². The van der Waals surface area contributed by atoms with Crippen molar-refractivity contribution in [2.24, 2.45) is 0 Å². The van der Waals surface area contributed by atoms with Gasteiger partial charge >= 0.3 is 5.97 Å². The number of nitrogens with zero attached hydrogens (tertiary/aromatic N) is 2. The number of carbonyl (C=O) groups is 2. The molecular weight excluding hydrogens is 498 g/mol. The second-order valence-corrected chi connectivity index (χ2v) is 9.60. The maximum atomic E-state index is 13.8. The van der Waals surface area contributed by atoms with Gasteiger partial charge in [0.1, 0.15) is 5.00 Å². The van der Waals surface area contributed by atoms with Gasteiger partial charge in [-0.05, 0) is 37.1 Å². The van der Waals surface area contributed by atoms with Crippen molar-refractivity contribution in [2.45, 2.75) is 19.8 Å². The lowest BCUT2D eigenvalue weighted by Crippen LogP contribution is -2.26. The molecule has 0 aliphatic carbocycles. The third-order valence-corrected chi connectivity index (χ3v) is 7.06. The summed E-state index contributed by atoms with van der Waals surface area (Å²) in [5, 5.41) is 9.90. The van der Waals surface area contributed by atoms with Crippen molar-refractivity contribution in [1.82, 2.24) is 9.78 Å². The standard InChI is InChI=1S/C30H25N3O4S/c1-3-37-30(36)26-23-18-38-28(25(23)29(35)33(32-26)22-16-14-19(2)15-17-22)31-27(34)24(20-10-6-4-7-11-20)21-12-8-5-9-13-21/h4-18,24H,3H2,1-2H3,(H,31,34). The van der Waals surface area contributed by atoms with E-state index in [1.807, 2.05) is 79.7 Å².